The van der Waals surface area contributed by atoms with E-state index in [4.69, 9.17) is 0 Å². The third-order valence-corrected chi connectivity index (χ3v) is 3.02. The van der Waals surface area contributed by atoms with E-state index in [-0.39, 0.29) is 17.5 Å². The molecule has 1 N–H and O–H groups in total. The van der Waals surface area contributed by atoms with Crippen molar-refractivity contribution in [3.8, 4) is 0 Å². The fourth-order valence-corrected chi connectivity index (χ4v) is 1.96. The molecule has 0 aromatic carbocycles. The molecule has 4 nitrogen and oxygen atoms in total. The smallest absolute Gasteiger partial charge is 0.253 e. The molecule has 0 radical (unpaired) electrons. The molecule has 17 heavy (non-hydrogen) atoms. The molecule has 1 amide bonds. The largest absolute Gasteiger partial charge is 0.349 e. The Hall–Kier alpha value is -1.49. The molecule has 0 saturated carbocycles. The van der Waals surface area contributed by atoms with Crippen LogP contribution in [-0.2, 0) is 0 Å². The Morgan fingerprint density at radius 1 is 1.47 bits per heavy atom. The normalized spacial score (nSPS) is 18.0. The van der Waals surface area contributed by atoms with Crippen molar-refractivity contribution in [2.75, 3.05) is 20.1 Å². The number of amides is 1. The van der Waals surface area contributed by atoms with Crippen molar-refractivity contribution in [1.29, 1.82) is 0 Å². The lowest BCUT2D eigenvalue weighted by atomic mass is 10.1. The molecule has 1 saturated heterocycles. The molecule has 1 fully saturated rings. The number of pyridine rings is 1. The summed E-state index contributed by atoms with van der Waals surface area (Å²) in [7, 11) is 2.06. The molecule has 0 unspecified atom stereocenters. The fraction of sp³-hybridized carbons (Fsp3) is 0.500. The van der Waals surface area contributed by atoms with Gasteiger partial charge < -0.3 is 10.2 Å². The van der Waals surface area contributed by atoms with Gasteiger partial charge in [0.2, 0.25) is 0 Å². The molecule has 1 aromatic heterocycles. The van der Waals surface area contributed by atoms with Crippen LogP contribution in [-0.4, -0.2) is 42.0 Å². The summed E-state index contributed by atoms with van der Waals surface area (Å²) in [6.45, 7) is 1.96. The van der Waals surface area contributed by atoms with Gasteiger partial charge in [-0.05, 0) is 39.0 Å². The van der Waals surface area contributed by atoms with Gasteiger partial charge in [0.25, 0.3) is 5.91 Å². The molecule has 0 atom stereocenters. The van der Waals surface area contributed by atoms with Crippen molar-refractivity contribution in [1.82, 2.24) is 15.2 Å². The van der Waals surface area contributed by atoms with E-state index >= 15 is 0 Å². The van der Waals surface area contributed by atoms with Crippen molar-refractivity contribution >= 4 is 5.91 Å². The van der Waals surface area contributed by atoms with Crippen LogP contribution in [0.3, 0.4) is 0 Å². The summed E-state index contributed by atoms with van der Waals surface area (Å²) in [6.07, 6.45) is 4.34. The summed E-state index contributed by atoms with van der Waals surface area (Å²) < 4.78 is 12.9. The number of carbonyl (C=O) groups is 1. The second-order valence-corrected chi connectivity index (χ2v) is 4.44. The molecule has 92 valence electrons. The zero-order chi connectivity index (χ0) is 12.3. The Bertz CT molecular complexity index is 402. The van der Waals surface area contributed by atoms with E-state index in [0.717, 1.165) is 32.1 Å². The van der Waals surface area contributed by atoms with Crippen molar-refractivity contribution in [2.45, 2.75) is 18.9 Å². The first-order valence-electron chi connectivity index (χ1n) is 5.75. The molecule has 1 aliphatic heterocycles. The van der Waals surface area contributed by atoms with Crippen LogP contribution in [0.2, 0.25) is 0 Å². The third kappa shape index (κ3) is 3.23. The Labute approximate surface area is 99.8 Å². The second-order valence-electron chi connectivity index (χ2n) is 4.44. The van der Waals surface area contributed by atoms with Crippen LogP contribution >= 0.6 is 0 Å². The number of halogens is 1. The van der Waals surface area contributed by atoms with E-state index in [0.29, 0.717) is 0 Å². The van der Waals surface area contributed by atoms with E-state index < -0.39 is 5.82 Å². The highest BCUT2D eigenvalue weighted by molar-refractivity contribution is 5.94. The zero-order valence-electron chi connectivity index (χ0n) is 9.82. The monoisotopic (exact) mass is 237 g/mol. The zero-order valence-corrected chi connectivity index (χ0v) is 9.82. The fourth-order valence-electron chi connectivity index (χ4n) is 1.96. The van der Waals surface area contributed by atoms with Crippen molar-refractivity contribution < 1.29 is 9.18 Å². The molecule has 0 spiro atoms. The predicted molar refractivity (Wildman–Crippen MR) is 62.2 cm³/mol. The second kappa shape index (κ2) is 5.23. The SMILES string of the molecule is CN1CCC(NC(=O)c2cncc(F)c2)CC1. The highest BCUT2D eigenvalue weighted by Crippen LogP contribution is 2.09. The highest BCUT2D eigenvalue weighted by Gasteiger charge is 2.19. The van der Waals surface area contributed by atoms with Crippen LogP contribution in [0.5, 0.6) is 0 Å². The van der Waals surface area contributed by atoms with Crippen LogP contribution in [0.15, 0.2) is 18.5 Å². The summed E-state index contributed by atoms with van der Waals surface area (Å²) >= 11 is 0. The van der Waals surface area contributed by atoms with Gasteiger partial charge in [-0.1, -0.05) is 0 Å². The summed E-state index contributed by atoms with van der Waals surface area (Å²) in [5.74, 6) is -0.729. The first-order valence-corrected chi connectivity index (χ1v) is 5.75. The van der Waals surface area contributed by atoms with E-state index in [1.54, 1.807) is 0 Å². The first-order chi connectivity index (χ1) is 8.15. The van der Waals surface area contributed by atoms with Crippen molar-refractivity contribution in [2.24, 2.45) is 0 Å². The number of hydrogen-bond donors (Lipinski definition) is 1. The molecule has 2 heterocycles. The predicted octanol–water partition coefficient (Wildman–Crippen LogP) is 1.04. The average molecular weight is 237 g/mol. The lowest BCUT2D eigenvalue weighted by Gasteiger charge is -2.29. The topological polar surface area (TPSA) is 45.2 Å². The maximum absolute atomic E-state index is 12.9. The average Bonchev–Trinajstić information content (AvgIpc) is 2.32. The molecular weight excluding hydrogens is 221 g/mol. The van der Waals surface area contributed by atoms with Gasteiger partial charge in [0, 0.05) is 12.2 Å². The van der Waals surface area contributed by atoms with Gasteiger partial charge in [0.15, 0.2) is 0 Å². The first kappa shape index (κ1) is 12.0. The van der Waals surface area contributed by atoms with Gasteiger partial charge >= 0.3 is 0 Å². The van der Waals surface area contributed by atoms with E-state index in [1.165, 1.54) is 12.3 Å². The molecule has 0 aliphatic carbocycles. The van der Waals surface area contributed by atoms with Gasteiger partial charge in [-0.25, -0.2) is 4.39 Å². The number of nitrogens with one attached hydrogen (secondary N) is 1. The van der Waals surface area contributed by atoms with Gasteiger partial charge in [0.05, 0.1) is 11.8 Å². The Morgan fingerprint density at radius 3 is 2.82 bits per heavy atom. The maximum atomic E-state index is 12.9. The van der Waals surface area contributed by atoms with E-state index in [2.05, 4.69) is 22.2 Å². The molecule has 0 bridgehead atoms. The minimum Gasteiger partial charge on any atom is -0.349 e. The summed E-state index contributed by atoms with van der Waals surface area (Å²) in [4.78, 5) is 17.7. The quantitative estimate of drug-likeness (QED) is 0.836. The minimum absolute atomic E-state index is 0.182. The number of carbonyl (C=O) groups excluding carboxylic acids is 1. The van der Waals surface area contributed by atoms with Crippen LogP contribution in [0.25, 0.3) is 0 Å². The highest BCUT2D eigenvalue weighted by atomic mass is 19.1. The summed E-state index contributed by atoms with van der Waals surface area (Å²) in [6, 6.07) is 1.39. The van der Waals surface area contributed by atoms with E-state index in [1.807, 2.05) is 0 Å². The number of likely N-dealkylation sites (tertiary alicyclic amines) is 1. The summed E-state index contributed by atoms with van der Waals surface area (Å²) in [5.41, 5.74) is 0.281. The number of aromatic nitrogens is 1. The molecule has 1 aromatic rings. The summed E-state index contributed by atoms with van der Waals surface area (Å²) in [5, 5.41) is 2.91. The molecule has 5 heteroatoms. The Kier molecular flexibility index (Phi) is 3.68. The van der Waals surface area contributed by atoms with Crippen LogP contribution < -0.4 is 5.32 Å². The van der Waals surface area contributed by atoms with Gasteiger partial charge in [-0.15, -0.1) is 0 Å². The Balaban J connectivity index is 1.93. The van der Waals surface area contributed by atoms with Crippen LogP contribution in [0.4, 0.5) is 4.39 Å². The number of rotatable bonds is 2. The lowest BCUT2D eigenvalue weighted by Crippen LogP contribution is -2.43. The van der Waals surface area contributed by atoms with Gasteiger partial charge in [0.1, 0.15) is 5.82 Å². The van der Waals surface area contributed by atoms with Gasteiger partial charge in [-0.2, -0.15) is 0 Å². The van der Waals surface area contributed by atoms with Crippen LogP contribution in [0.1, 0.15) is 23.2 Å². The number of piperidine rings is 1. The van der Waals surface area contributed by atoms with E-state index in [9.17, 15) is 9.18 Å². The van der Waals surface area contributed by atoms with Crippen LogP contribution in [0, 0.1) is 5.82 Å². The number of nitrogens with zero attached hydrogens (tertiary/aromatic N) is 2. The van der Waals surface area contributed by atoms with Gasteiger partial charge in [-0.3, -0.25) is 9.78 Å². The molecular formula is C12H16FN3O. The van der Waals surface area contributed by atoms with Crippen molar-refractivity contribution in [3.63, 3.8) is 0 Å². The lowest BCUT2D eigenvalue weighted by molar-refractivity contribution is 0.0916. The van der Waals surface area contributed by atoms with Crippen molar-refractivity contribution in [3.05, 3.63) is 29.8 Å². The standard InChI is InChI=1S/C12H16FN3O/c1-16-4-2-11(3-5-16)15-12(17)9-6-10(13)8-14-7-9/h6-8,11H,2-5H2,1H3,(H,15,17). The Morgan fingerprint density at radius 2 is 2.18 bits per heavy atom. The number of hydrogen-bond acceptors (Lipinski definition) is 3. The molecule has 1 aliphatic rings. The maximum Gasteiger partial charge on any atom is 0.253 e. The molecule has 2 rings (SSSR count). The third-order valence-electron chi connectivity index (χ3n) is 3.02. The minimum atomic E-state index is -0.485.